The van der Waals surface area contributed by atoms with E-state index in [-0.39, 0.29) is 0 Å². The molecule has 1 heterocycles. The van der Waals surface area contributed by atoms with E-state index in [9.17, 15) is 0 Å². The van der Waals surface area contributed by atoms with Crippen LogP contribution in [0.1, 0.15) is 44.2 Å². The molecule has 0 saturated heterocycles. The summed E-state index contributed by atoms with van der Waals surface area (Å²) in [4.78, 5) is 0. The molecule has 1 aliphatic carbocycles. The Bertz CT molecular complexity index is 356. The summed E-state index contributed by atoms with van der Waals surface area (Å²) < 4.78 is 1.98. The van der Waals surface area contributed by atoms with Crippen molar-refractivity contribution in [3.63, 3.8) is 0 Å². The van der Waals surface area contributed by atoms with Crippen molar-refractivity contribution in [2.24, 2.45) is 7.05 Å². The molecule has 1 aromatic heterocycles. The Balaban J connectivity index is 1.57. The van der Waals surface area contributed by atoms with Crippen molar-refractivity contribution in [2.45, 2.75) is 56.5 Å². The lowest BCUT2D eigenvalue weighted by Crippen LogP contribution is -2.31. The van der Waals surface area contributed by atoms with Gasteiger partial charge < -0.3 is 5.32 Å². The van der Waals surface area contributed by atoms with Gasteiger partial charge in [-0.1, -0.05) is 19.3 Å². The SMILES string of the molecule is Cc1cc(SCCCNC2CCCCC2)n(C)n1. The molecule has 0 amide bonds. The number of aryl methyl sites for hydroxylation is 2. The van der Waals surface area contributed by atoms with Crippen LogP contribution >= 0.6 is 11.8 Å². The minimum Gasteiger partial charge on any atom is -0.314 e. The predicted molar refractivity (Wildman–Crippen MR) is 78.2 cm³/mol. The van der Waals surface area contributed by atoms with Gasteiger partial charge in [0.2, 0.25) is 0 Å². The lowest BCUT2D eigenvalue weighted by molar-refractivity contribution is 0.375. The van der Waals surface area contributed by atoms with Gasteiger partial charge in [-0.3, -0.25) is 4.68 Å². The van der Waals surface area contributed by atoms with Gasteiger partial charge in [0.25, 0.3) is 0 Å². The first-order valence-corrected chi connectivity index (χ1v) is 8.11. The topological polar surface area (TPSA) is 29.9 Å². The van der Waals surface area contributed by atoms with Gasteiger partial charge in [0.05, 0.1) is 10.7 Å². The summed E-state index contributed by atoms with van der Waals surface area (Å²) in [5.41, 5.74) is 1.11. The highest BCUT2D eigenvalue weighted by Gasteiger charge is 2.11. The van der Waals surface area contributed by atoms with Crippen molar-refractivity contribution in [2.75, 3.05) is 12.3 Å². The van der Waals surface area contributed by atoms with Crippen molar-refractivity contribution in [1.29, 1.82) is 0 Å². The van der Waals surface area contributed by atoms with Crippen LogP contribution in [0, 0.1) is 6.92 Å². The maximum absolute atomic E-state index is 4.36. The number of nitrogens with zero attached hydrogens (tertiary/aromatic N) is 2. The first kappa shape index (κ1) is 13.9. The van der Waals surface area contributed by atoms with E-state index in [0.717, 1.165) is 18.3 Å². The zero-order valence-corrected chi connectivity index (χ0v) is 12.4. The molecule has 1 saturated carbocycles. The van der Waals surface area contributed by atoms with Gasteiger partial charge in [0, 0.05) is 18.8 Å². The van der Waals surface area contributed by atoms with Crippen LogP contribution in [-0.2, 0) is 7.05 Å². The molecule has 18 heavy (non-hydrogen) atoms. The Labute approximate surface area is 115 Å². The van der Waals surface area contributed by atoms with Crippen LogP contribution in [0.2, 0.25) is 0 Å². The summed E-state index contributed by atoms with van der Waals surface area (Å²) in [5.74, 6) is 1.18. The minimum atomic E-state index is 0.794. The summed E-state index contributed by atoms with van der Waals surface area (Å²) in [7, 11) is 2.02. The number of hydrogen-bond donors (Lipinski definition) is 1. The van der Waals surface area contributed by atoms with Crippen molar-refractivity contribution in [3.05, 3.63) is 11.8 Å². The van der Waals surface area contributed by atoms with E-state index in [0.29, 0.717) is 0 Å². The largest absolute Gasteiger partial charge is 0.314 e. The summed E-state index contributed by atoms with van der Waals surface area (Å²) >= 11 is 1.91. The molecule has 2 rings (SSSR count). The van der Waals surface area contributed by atoms with Gasteiger partial charge in [0.1, 0.15) is 0 Å². The van der Waals surface area contributed by atoms with Gasteiger partial charge in [-0.25, -0.2) is 0 Å². The van der Waals surface area contributed by atoms with E-state index < -0.39 is 0 Å². The lowest BCUT2D eigenvalue weighted by atomic mass is 9.95. The number of hydrogen-bond acceptors (Lipinski definition) is 3. The summed E-state index contributed by atoms with van der Waals surface area (Å²) in [5, 5.41) is 9.34. The fraction of sp³-hybridized carbons (Fsp3) is 0.786. The normalized spacial score (nSPS) is 17.2. The molecule has 1 aromatic rings. The monoisotopic (exact) mass is 267 g/mol. The van der Waals surface area contributed by atoms with Gasteiger partial charge in [0.15, 0.2) is 0 Å². The molecule has 3 nitrogen and oxygen atoms in total. The maximum Gasteiger partial charge on any atom is 0.0939 e. The van der Waals surface area contributed by atoms with Gasteiger partial charge in [-0.15, -0.1) is 11.8 Å². The van der Waals surface area contributed by atoms with E-state index >= 15 is 0 Å². The number of rotatable bonds is 6. The Morgan fingerprint density at radius 2 is 2.17 bits per heavy atom. The van der Waals surface area contributed by atoms with E-state index in [2.05, 4.69) is 23.4 Å². The number of nitrogens with one attached hydrogen (secondary N) is 1. The molecule has 0 unspecified atom stereocenters. The van der Waals surface area contributed by atoms with Crippen LogP contribution in [0.3, 0.4) is 0 Å². The smallest absolute Gasteiger partial charge is 0.0939 e. The third-order valence-corrected chi connectivity index (χ3v) is 4.74. The highest BCUT2D eigenvalue weighted by atomic mass is 32.2. The molecule has 0 aliphatic heterocycles. The molecule has 0 spiro atoms. The van der Waals surface area contributed by atoms with Crippen molar-refractivity contribution < 1.29 is 0 Å². The molecule has 102 valence electrons. The van der Waals surface area contributed by atoms with E-state index in [4.69, 9.17) is 0 Å². The fourth-order valence-electron chi connectivity index (χ4n) is 2.58. The molecule has 0 aromatic carbocycles. The highest BCUT2D eigenvalue weighted by Crippen LogP contribution is 2.19. The van der Waals surface area contributed by atoms with Gasteiger partial charge in [-0.2, -0.15) is 5.10 Å². The molecule has 1 N–H and O–H groups in total. The Morgan fingerprint density at radius 1 is 1.39 bits per heavy atom. The second kappa shape index (κ2) is 7.19. The zero-order valence-electron chi connectivity index (χ0n) is 11.6. The summed E-state index contributed by atoms with van der Waals surface area (Å²) in [6, 6.07) is 2.96. The molecular formula is C14H25N3S. The van der Waals surface area contributed by atoms with Crippen LogP contribution in [0.4, 0.5) is 0 Å². The van der Waals surface area contributed by atoms with Crippen LogP contribution in [0.15, 0.2) is 11.1 Å². The molecule has 0 bridgehead atoms. The van der Waals surface area contributed by atoms with Crippen molar-refractivity contribution in [3.8, 4) is 0 Å². The standard InChI is InChI=1S/C14H25N3S/c1-12-11-14(17(2)16-12)18-10-6-9-15-13-7-4-3-5-8-13/h11,13,15H,3-10H2,1-2H3. The van der Waals surface area contributed by atoms with E-state index in [1.165, 1.54) is 49.3 Å². The lowest BCUT2D eigenvalue weighted by Gasteiger charge is -2.22. The van der Waals surface area contributed by atoms with E-state index in [1.54, 1.807) is 0 Å². The van der Waals surface area contributed by atoms with Crippen LogP contribution in [-0.4, -0.2) is 28.1 Å². The summed E-state index contributed by atoms with van der Waals surface area (Å²) in [6.45, 7) is 3.21. The predicted octanol–water partition coefficient (Wildman–Crippen LogP) is 3.13. The Kier molecular flexibility index (Phi) is 5.57. The quantitative estimate of drug-likeness (QED) is 0.634. The second-order valence-corrected chi connectivity index (χ2v) is 6.35. The summed E-state index contributed by atoms with van der Waals surface area (Å²) in [6.07, 6.45) is 8.28. The number of thioether (sulfide) groups is 1. The van der Waals surface area contributed by atoms with E-state index in [1.807, 2.05) is 23.5 Å². The zero-order chi connectivity index (χ0) is 12.8. The minimum absolute atomic E-state index is 0.794. The van der Waals surface area contributed by atoms with Crippen LogP contribution < -0.4 is 5.32 Å². The average molecular weight is 267 g/mol. The number of aromatic nitrogens is 2. The van der Waals surface area contributed by atoms with Crippen LogP contribution in [0.25, 0.3) is 0 Å². The molecule has 0 radical (unpaired) electrons. The Morgan fingerprint density at radius 3 is 2.83 bits per heavy atom. The third-order valence-electron chi connectivity index (χ3n) is 3.57. The average Bonchev–Trinajstić information content (AvgIpc) is 2.69. The highest BCUT2D eigenvalue weighted by molar-refractivity contribution is 7.99. The first-order valence-electron chi connectivity index (χ1n) is 7.12. The van der Waals surface area contributed by atoms with Gasteiger partial charge >= 0.3 is 0 Å². The molecule has 4 heteroatoms. The maximum atomic E-state index is 4.36. The van der Waals surface area contributed by atoms with Crippen molar-refractivity contribution >= 4 is 11.8 Å². The molecule has 1 fully saturated rings. The Hall–Kier alpha value is -0.480. The molecule has 0 atom stereocenters. The fourth-order valence-corrected chi connectivity index (χ4v) is 3.56. The molecular weight excluding hydrogens is 242 g/mol. The first-order chi connectivity index (χ1) is 8.75. The molecule has 1 aliphatic rings. The second-order valence-electron chi connectivity index (χ2n) is 5.24. The van der Waals surface area contributed by atoms with Gasteiger partial charge in [-0.05, 0) is 38.8 Å². The van der Waals surface area contributed by atoms with Crippen LogP contribution in [0.5, 0.6) is 0 Å². The third kappa shape index (κ3) is 4.32. The van der Waals surface area contributed by atoms with Crippen molar-refractivity contribution in [1.82, 2.24) is 15.1 Å².